The van der Waals surface area contributed by atoms with Gasteiger partial charge >= 0.3 is 12.0 Å². The van der Waals surface area contributed by atoms with Gasteiger partial charge in [-0.1, -0.05) is 18.3 Å². The third kappa shape index (κ3) is 3.34. The van der Waals surface area contributed by atoms with E-state index in [2.05, 4.69) is 11.8 Å². The fraction of sp³-hybridized carbons (Fsp3) is 0.625. The topological polar surface area (TPSA) is 60.9 Å². The molecule has 2 saturated heterocycles. The SMILES string of the molecule is C#CCN1C(=O)N(CC#C)[C@H]2CS[C@@H](CCCCC(=O)O)[C@H]21. The highest BCUT2D eigenvalue weighted by molar-refractivity contribution is 8.00. The number of carboxylic acid groups (broad SMARTS) is 1. The number of carbonyl (C=O) groups excluding carboxylic acids is 1. The number of nitrogens with zero attached hydrogens (tertiary/aromatic N) is 2. The Bertz CT molecular complexity index is 522. The standard InChI is InChI=1S/C16H20N2O3S/c1-3-9-17-12-11-22-13(7-5-6-8-14(19)20)15(12)18(10-4-2)16(17)21/h1-2,12-13,15H,5-11H2,(H,19,20)/t12-,13-,15-/m0/s1. The summed E-state index contributed by atoms with van der Waals surface area (Å²) >= 11 is 1.83. The first-order chi connectivity index (χ1) is 10.6. The third-order valence-corrected chi connectivity index (χ3v) is 5.64. The summed E-state index contributed by atoms with van der Waals surface area (Å²) in [6.07, 6.45) is 13.4. The molecule has 0 aromatic carbocycles. The van der Waals surface area contributed by atoms with Crippen LogP contribution in [0.5, 0.6) is 0 Å². The number of rotatable bonds is 7. The first kappa shape index (κ1) is 16.6. The van der Waals surface area contributed by atoms with Gasteiger partial charge in [0.2, 0.25) is 0 Å². The quantitative estimate of drug-likeness (QED) is 0.439. The van der Waals surface area contributed by atoms with Crippen LogP contribution in [-0.4, -0.2) is 63.1 Å². The molecule has 3 atom stereocenters. The second-order valence-electron chi connectivity index (χ2n) is 5.52. The van der Waals surface area contributed by atoms with E-state index in [0.717, 1.165) is 18.6 Å². The largest absolute Gasteiger partial charge is 0.481 e. The Morgan fingerprint density at radius 3 is 2.59 bits per heavy atom. The van der Waals surface area contributed by atoms with Crippen molar-refractivity contribution in [1.29, 1.82) is 0 Å². The van der Waals surface area contributed by atoms with Crippen molar-refractivity contribution in [2.45, 2.75) is 43.0 Å². The highest BCUT2D eigenvalue weighted by Gasteiger charge is 2.52. The Kier molecular flexibility index (Phi) is 5.63. The Labute approximate surface area is 135 Å². The number of unbranched alkanes of at least 4 members (excludes halogenated alkanes) is 1. The Balaban J connectivity index is 2.01. The minimum atomic E-state index is -0.762. The van der Waals surface area contributed by atoms with Crippen LogP contribution < -0.4 is 0 Å². The summed E-state index contributed by atoms with van der Waals surface area (Å²) in [5, 5.41) is 9.00. The van der Waals surface area contributed by atoms with E-state index in [0.29, 0.717) is 24.8 Å². The molecule has 118 valence electrons. The maximum atomic E-state index is 12.4. The summed E-state index contributed by atoms with van der Waals surface area (Å²) in [5.41, 5.74) is 0. The number of urea groups is 1. The lowest BCUT2D eigenvalue weighted by Crippen LogP contribution is -2.41. The first-order valence-electron chi connectivity index (χ1n) is 7.37. The molecule has 6 heteroatoms. The van der Waals surface area contributed by atoms with Crippen LogP contribution in [-0.2, 0) is 4.79 Å². The molecule has 22 heavy (non-hydrogen) atoms. The van der Waals surface area contributed by atoms with Crippen LogP contribution in [0.1, 0.15) is 25.7 Å². The van der Waals surface area contributed by atoms with Gasteiger partial charge < -0.3 is 14.9 Å². The number of amides is 2. The van der Waals surface area contributed by atoms with E-state index in [1.807, 2.05) is 11.8 Å². The average Bonchev–Trinajstić information content (AvgIpc) is 2.99. The van der Waals surface area contributed by atoms with Crippen LogP contribution in [0.4, 0.5) is 4.79 Å². The van der Waals surface area contributed by atoms with Crippen LogP contribution in [0.25, 0.3) is 0 Å². The van der Waals surface area contributed by atoms with Crippen molar-refractivity contribution >= 4 is 23.8 Å². The van der Waals surface area contributed by atoms with Gasteiger partial charge in [0.15, 0.2) is 0 Å². The molecular weight excluding hydrogens is 300 g/mol. The molecule has 0 spiro atoms. The normalized spacial score (nSPS) is 26.6. The second-order valence-corrected chi connectivity index (χ2v) is 6.79. The molecule has 2 fully saturated rings. The van der Waals surface area contributed by atoms with E-state index in [1.165, 1.54) is 0 Å². The molecule has 1 N–H and O–H groups in total. The first-order valence-corrected chi connectivity index (χ1v) is 8.42. The lowest BCUT2D eigenvalue weighted by molar-refractivity contribution is -0.137. The number of carbonyl (C=O) groups is 2. The van der Waals surface area contributed by atoms with E-state index in [1.54, 1.807) is 9.80 Å². The van der Waals surface area contributed by atoms with Crippen molar-refractivity contribution in [3.05, 3.63) is 0 Å². The molecule has 5 nitrogen and oxygen atoms in total. The number of fused-ring (bicyclic) bond motifs is 1. The summed E-state index contributed by atoms with van der Waals surface area (Å²) < 4.78 is 0. The van der Waals surface area contributed by atoms with Gasteiger partial charge in [0.25, 0.3) is 0 Å². The molecule has 2 aliphatic rings. The Morgan fingerprint density at radius 2 is 1.95 bits per heavy atom. The van der Waals surface area contributed by atoms with Gasteiger partial charge in [-0.3, -0.25) is 4.79 Å². The maximum Gasteiger partial charge on any atom is 0.322 e. The molecule has 0 aromatic heterocycles. The molecule has 2 amide bonds. The smallest absolute Gasteiger partial charge is 0.322 e. The predicted octanol–water partition coefficient (Wildman–Crippen LogP) is 1.49. The number of carboxylic acids is 1. The van der Waals surface area contributed by atoms with Crippen molar-refractivity contribution in [2.75, 3.05) is 18.8 Å². The molecular formula is C16H20N2O3S. The number of thioether (sulfide) groups is 1. The minimum Gasteiger partial charge on any atom is -0.481 e. The van der Waals surface area contributed by atoms with Crippen LogP contribution in [0.2, 0.25) is 0 Å². The van der Waals surface area contributed by atoms with Gasteiger partial charge in [-0.05, 0) is 12.8 Å². The number of hydrogen-bond acceptors (Lipinski definition) is 3. The van der Waals surface area contributed by atoms with E-state index in [-0.39, 0.29) is 24.5 Å². The van der Waals surface area contributed by atoms with Gasteiger partial charge in [-0.2, -0.15) is 11.8 Å². The number of aliphatic carboxylic acids is 1. The highest BCUT2D eigenvalue weighted by atomic mass is 32.2. The fourth-order valence-electron chi connectivity index (χ4n) is 3.21. The van der Waals surface area contributed by atoms with Gasteiger partial charge in [0.1, 0.15) is 0 Å². The van der Waals surface area contributed by atoms with E-state index < -0.39 is 5.97 Å². The predicted molar refractivity (Wildman–Crippen MR) is 86.4 cm³/mol. The van der Waals surface area contributed by atoms with Crippen molar-refractivity contribution in [3.8, 4) is 24.7 Å². The van der Waals surface area contributed by atoms with E-state index >= 15 is 0 Å². The molecule has 0 unspecified atom stereocenters. The Hall–Kier alpha value is -1.79. The molecule has 0 radical (unpaired) electrons. The zero-order chi connectivity index (χ0) is 16.1. The fourth-order valence-corrected chi connectivity index (χ4v) is 4.90. The Morgan fingerprint density at radius 1 is 1.27 bits per heavy atom. The number of terminal acetylenes is 2. The molecule has 0 aromatic rings. The van der Waals surface area contributed by atoms with Gasteiger partial charge in [-0.15, -0.1) is 12.8 Å². The summed E-state index contributed by atoms with van der Waals surface area (Å²) in [4.78, 5) is 26.5. The van der Waals surface area contributed by atoms with Crippen LogP contribution in [0, 0.1) is 24.7 Å². The van der Waals surface area contributed by atoms with Crippen LogP contribution in [0.3, 0.4) is 0 Å². The highest BCUT2D eigenvalue weighted by Crippen LogP contribution is 2.41. The maximum absolute atomic E-state index is 12.4. The van der Waals surface area contributed by atoms with Gasteiger partial charge in [0.05, 0.1) is 25.2 Å². The monoisotopic (exact) mass is 320 g/mol. The second kappa shape index (κ2) is 7.47. The van der Waals surface area contributed by atoms with Gasteiger partial charge in [0, 0.05) is 17.4 Å². The zero-order valence-electron chi connectivity index (χ0n) is 12.4. The van der Waals surface area contributed by atoms with Crippen molar-refractivity contribution in [1.82, 2.24) is 9.80 Å². The molecule has 0 bridgehead atoms. The molecule has 0 saturated carbocycles. The van der Waals surface area contributed by atoms with E-state index in [9.17, 15) is 9.59 Å². The molecule has 2 rings (SSSR count). The molecule has 0 aliphatic carbocycles. The lowest BCUT2D eigenvalue weighted by atomic mass is 10.0. The van der Waals surface area contributed by atoms with Crippen molar-refractivity contribution < 1.29 is 14.7 Å². The van der Waals surface area contributed by atoms with Crippen LogP contribution >= 0.6 is 11.8 Å². The van der Waals surface area contributed by atoms with Crippen LogP contribution in [0.15, 0.2) is 0 Å². The van der Waals surface area contributed by atoms with Gasteiger partial charge in [-0.25, -0.2) is 4.79 Å². The summed E-state index contributed by atoms with van der Waals surface area (Å²) in [5.74, 6) is 5.21. The minimum absolute atomic E-state index is 0.0678. The van der Waals surface area contributed by atoms with E-state index in [4.69, 9.17) is 18.0 Å². The molecule has 2 heterocycles. The summed E-state index contributed by atoms with van der Waals surface area (Å²) in [6.45, 7) is 0.612. The zero-order valence-corrected chi connectivity index (χ0v) is 13.2. The number of hydrogen-bond donors (Lipinski definition) is 1. The lowest BCUT2D eigenvalue weighted by Gasteiger charge is -2.25. The average molecular weight is 320 g/mol. The summed E-state index contributed by atoms with van der Waals surface area (Å²) in [7, 11) is 0. The third-order valence-electron chi connectivity index (χ3n) is 4.16. The summed E-state index contributed by atoms with van der Waals surface area (Å²) in [6, 6.07) is 0.139. The van der Waals surface area contributed by atoms with Crippen molar-refractivity contribution in [3.63, 3.8) is 0 Å². The van der Waals surface area contributed by atoms with Crippen molar-refractivity contribution in [2.24, 2.45) is 0 Å². The molecule has 2 aliphatic heterocycles.